The van der Waals surface area contributed by atoms with E-state index < -0.39 is 0 Å². The standard InChI is InChI=1S/C8H10.C5H10O2/c1-7-3-5-8(2)6-4-7;1-2-5(7)3-4-6/h3-6H,1-2H3;6H,2-4H2,1H3. The molecule has 1 aromatic rings. The highest BCUT2D eigenvalue weighted by Crippen LogP contribution is 1.99. The zero-order valence-corrected chi connectivity index (χ0v) is 9.79. The molecule has 0 radical (unpaired) electrons. The molecule has 2 heteroatoms. The van der Waals surface area contributed by atoms with Crippen LogP contribution in [0.5, 0.6) is 0 Å². The topological polar surface area (TPSA) is 37.3 Å². The molecule has 2 nitrogen and oxygen atoms in total. The number of hydrogen-bond donors (Lipinski definition) is 1. The average molecular weight is 208 g/mol. The number of benzene rings is 1. The number of ketones is 1. The molecule has 15 heavy (non-hydrogen) atoms. The third kappa shape index (κ3) is 7.89. The molecule has 0 saturated heterocycles. The van der Waals surface area contributed by atoms with Gasteiger partial charge in [-0.05, 0) is 13.8 Å². The zero-order valence-electron chi connectivity index (χ0n) is 9.79. The van der Waals surface area contributed by atoms with E-state index in [0.29, 0.717) is 12.8 Å². The normalized spacial score (nSPS) is 9.07. The molecule has 0 bridgehead atoms. The Morgan fingerprint density at radius 2 is 1.53 bits per heavy atom. The summed E-state index contributed by atoms with van der Waals surface area (Å²) in [6.07, 6.45) is 0.858. The molecule has 1 rings (SSSR count). The van der Waals surface area contributed by atoms with Crippen LogP contribution >= 0.6 is 0 Å². The number of aliphatic hydroxyl groups excluding tert-OH is 1. The molecular weight excluding hydrogens is 188 g/mol. The second-order valence-electron chi connectivity index (χ2n) is 3.52. The Kier molecular flexibility index (Phi) is 7.56. The van der Waals surface area contributed by atoms with Crippen LogP contribution in [0, 0.1) is 13.8 Å². The van der Waals surface area contributed by atoms with Crippen LogP contribution in [-0.4, -0.2) is 17.5 Å². The average Bonchev–Trinajstić information content (AvgIpc) is 2.24. The summed E-state index contributed by atoms with van der Waals surface area (Å²) in [5.74, 6) is 0.127. The van der Waals surface area contributed by atoms with E-state index in [2.05, 4.69) is 38.1 Å². The summed E-state index contributed by atoms with van der Waals surface area (Å²) in [6.45, 7) is 5.98. The SMILES string of the molecule is CCC(=O)CCO.Cc1ccc(C)cc1. The molecule has 0 spiro atoms. The monoisotopic (exact) mass is 208 g/mol. The fraction of sp³-hybridized carbons (Fsp3) is 0.462. The summed E-state index contributed by atoms with van der Waals surface area (Å²) in [5.41, 5.74) is 2.66. The van der Waals surface area contributed by atoms with Crippen LogP contribution in [0.3, 0.4) is 0 Å². The highest BCUT2D eigenvalue weighted by atomic mass is 16.3. The van der Waals surface area contributed by atoms with Gasteiger partial charge in [0, 0.05) is 19.4 Å². The lowest BCUT2D eigenvalue weighted by atomic mass is 10.2. The number of rotatable bonds is 3. The summed E-state index contributed by atoms with van der Waals surface area (Å²) in [6, 6.07) is 8.48. The fourth-order valence-electron chi connectivity index (χ4n) is 0.938. The molecule has 0 unspecified atom stereocenters. The Bertz CT molecular complexity index is 254. The molecule has 0 fully saturated rings. The molecule has 0 saturated carbocycles. The van der Waals surface area contributed by atoms with Crippen LogP contribution in [-0.2, 0) is 4.79 Å². The van der Waals surface area contributed by atoms with Gasteiger partial charge in [0.2, 0.25) is 0 Å². The summed E-state index contributed by atoms with van der Waals surface area (Å²) in [4.78, 5) is 10.3. The van der Waals surface area contributed by atoms with Gasteiger partial charge in [0.15, 0.2) is 0 Å². The molecule has 0 aliphatic carbocycles. The first-order chi connectivity index (χ1) is 7.10. The van der Waals surface area contributed by atoms with Gasteiger partial charge in [-0.3, -0.25) is 4.79 Å². The number of Topliss-reactive ketones (excluding diaryl/α,β-unsaturated/α-hetero) is 1. The lowest BCUT2D eigenvalue weighted by Crippen LogP contribution is -1.96. The molecule has 0 heterocycles. The van der Waals surface area contributed by atoms with Gasteiger partial charge in [0.25, 0.3) is 0 Å². The van der Waals surface area contributed by atoms with Crippen LogP contribution in [0.25, 0.3) is 0 Å². The third-order valence-electron chi connectivity index (χ3n) is 2.00. The molecular formula is C13H20O2. The summed E-state index contributed by atoms with van der Waals surface area (Å²) in [7, 11) is 0. The second-order valence-corrected chi connectivity index (χ2v) is 3.52. The van der Waals surface area contributed by atoms with Crippen LogP contribution in [0.1, 0.15) is 30.9 Å². The van der Waals surface area contributed by atoms with Crippen LogP contribution < -0.4 is 0 Å². The van der Waals surface area contributed by atoms with Crippen LogP contribution in [0.4, 0.5) is 0 Å². The predicted molar refractivity (Wildman–Crippen MR) is 62.9 cm³/mol. The number of carbonyl (C=O) groups is 1. The minimum absolute atomic E-state index is 0.00727. The Hall–Kier alpha value is -1.15. The zero-order chi connectivity index (χ0) is 11.7. The van der Waals surface area contributed by atoms with Crippen molar-refractivity contribution >= 4 is 5.78 Å². The molecule has 1 N–H and O–H groups in total. The fourth-order valence-corrected chi connectivity index (χ4v) is 0.938. The lowest BCUT2D eigenvalue weighted by molar-refractivity contribution is -0.119. The number of carbonyl (C=O) groups excluding carboxylic acids is 1. The van der Waals surface area contributed by atoms with Crippen LogP contribution in [0.2, 0.25) is 0 Å². The van der Waals surface area contributed by atoms with E-state index in [1.165, 1.54) is 11.1 Å². The van der Waals surface area contributed by atoms with Gasteiger partial charge in [-0.2, -0.15) is 0 Å². The highest BCUT2D eigenvalue weighted by molar-refractivity contribution is 5.77. The first-order valence-corrected chi connectivity index (χ1v) is 5.26. The van der Waals surface area contributed by atoms with E-state index >= 15 is 0 Å². The first kappa shape index (κ1) is 13.8. The molecule has 0 aliphatic rings. The molecule has 0 aromatic heterocycles. The quantitative estimate of drug-likeness (QED) is 0.829. The van der Waals surface area contributed by atoms with Gasteiger partial charge in [0.1, 0.15) is 5.78 Å². The highest BCUT2D eigenvalue weighted by Gasteiger charge is 1.92. The number of aliphatic hydroxyl groups is 1. The van der Waals surface area contributed by atoms with Crippen molar-refractivity contribution in [2.24, 2.45) is 0 Å². The summed E-state index contributed by atoms with van der Waals surface area (Å²) >= 11 is 0. The van der Waals surface area contributed by atoms with Gasteiger partial charge in [-0.1, -0.05) is 42.3 Å². The molecule has 0 amide bonds. The van der Waals surface area contributed by atoms with Gasteiger partial charge in [0.05, 0.1) is 0 Å². The summed E-state index contributed by atoms with van der Waals surface area (Å²) < 4.78 is 0. The molecule has 1 aromatic carbocycles. The van der Waals surface area contributed by atoms with Crippen molar-refractivity contribution in [2.75, 3.05) is 6.61 Å². The van der Waals surface area contributed by atoms with Gasteiger partial charge >= 0.3 is 0 Å². The maximum Gasteiger partial charge on any atom is 0.134 e. The Morgan fingerprint density at radius 3 is 1.73 bits per heavy atom. The smallest absolute Gasteiger partial charge is 0.134 e. The van der Waals surface area contributed by atoms with Gasteiger partial charge < -0.3 is 5.11 Å². The van der Waals surface area contributed by atoms with Crippen molar-refractivity contribution in [1.29, 1.82) is 0 Å². The molecule has 0 aliphatic heterocycles. The minimum Gasteiger partial charge on any atom is -0.396 e. The van der Waals surface area contributed by atoms with Gasteiger partial charge in [-0.25, -0.2) is 0 Å². The van der Waals surface area contributed by atoms with E-state index in [0.717, 1.165) is 0 Å². The van der Waals surface area contributed by atoms with Gasteiger partial charge in [-0.15, -0.1) is 0 Å². The third-order valence-corrected chi connectivity index (χ3v) is 2.00. The van der Waals surface area contributed by atoms with Crippen molar-refractivity contribution in [3.63, 3.8) is 0 Å². The maximum absolute atomic E-state index is 10.3. The van der Waals surface area contributed by atoms with E-state index in [4.69, 9.17) is 5.11 Å². The van der Waals surface area contributed by atoms with Crippen LogP contribution in [0.15, 0.2) is 24.3 Å². The van der Waals surface area contributed by atoms with Crippen molar-refractivity contribution in [3.05, 3.63) is 35.4 Å². The lowest BCUT2D eigenvalue weighted by Gasteiger charge is -1.90. The maximum atomic E-state index is 10.3. The predicted octanol–water partition coefficient (Wildman–Crippen LogP) is 2.65. The van der Waals surface area contributed by atoms with E-state index in [1.54, 1.807) is 6.92 Å². The van der Waals surface area contributed by atoms with E-state index in [9.17, 15) is 4.79 Å². The Balaban J connectivity index is 0.000000265. The second kappa shape index (κ2) is 8.18. The van der Waals surface area contributed by atoms with Crippen molar-refractivity contribution in [3.8, 4) is 0 Å². The Labute approximate surface area is 91.9 Å². The summed E-state index contributed by atoms with van der Waals surface area (Å²) in [5, 5.41) is 8.15. The number of hydrogen-bond acceptors (Lipinski definition) is 2. The minimum atomic E-state index is -0.00727. The Morgan fingerprint density at radius 1 is 1.13 bits per heavy atom. The molecule has 0 atom stereocenters. The number of aryl methyl sites for hydroxylation is 2. The van der Waals surface area contributed by atoms with Crippen molar-refractivity contribution in [2.45, 2.75) is 33.6 Å². The largest absolute Gasteiger partial charge is 0.396 e. The van der Waals surface area contributed by atoms with E-state index in [1.807, 2.05) is 0 Å². The van der Waals surface area contributed by atoms with E-state index in [-0.39, 0.29) is 12.4 Å². The van der Waals surface area contributed by atoms with Crippen molar-refractivity contribution < 1.29 is 9.90 Å². The van der Waals surface area contributed by atoms with Crippen molar-refractivity contribution in [1.82, 2.24) is 0 Å². The molecule has 84 valence electrons. The first-order valence-electron chi connectivity index (χ1n) is 5.26.